The molecule has 1 aliphatic rings. The summed E-state index contributed by atoms with van der Waals surface area (Å²) in [6, 6.07) is 4.10. The molecule has 2 N–H and O–H groups in total. The van der Waals surface area contributed by atoms with E-state index >= 15 is 0 Å². The number of carbonyl (C=O) groups is 4. The number of piperidine rings is 1. The Kier molecular flexibility index (Phi) is 10.4. The monoisotopic (exact) mass is 527 g/mol. The minimum Gasteiger partial charge on any atom is -0.467 e. The Labute approximate surface area is 215 Å². The summed E-state index contributed by atoms with van der Waals surface area (Å²) >= 11 is 12.1. The first kappa shape index (κ1) is 28.5. The average Bonchev–Trinajstić information content (AvgIpc) is 2.80. The Morgan fingerprint density at radius 2 is 1.83 bits per heavy atom. The van der Waals surface area contributed by atoms with Gasteiger partial charge in [0.15, 0.2) is 0 Å². The molecule has 0 aromatic heterocycles. The number of esters is 1. The Balaban J connectivity index is 1.88. The summed E-state index contributed by atoms with van der Waals surface area (Å²) in [5, 5.41) is 5.87. The maximum atomic E-state index is 12.8. The lowest BCUT2D eigenvalue weighted by atomic mass is 9.95. The summed E-state index contributed by atoms with van der Waals surface area (Å²) in [5.74, 6) is -1.63. The molecule has 2 rings (SSSR count). The van der Waals surface area contributed by atoms with E-state index in [0.717, 1.165) is 0 Å². The molecular weight excluding hydrogens is 497 g/mol. The van der Waals surface area contributed by atoms with E-state index in [4.69, 9.17) is 32.7 Å². The Bertz CT molecular complexity index is 968. The van der Waals surface area contributed by atoms with Gasteiger partial charge in [-0.25, -0.2) is 9.59 Å². The van der Waals surface area contributed by atoms with Crippen molar-refractivity contribution in [2.75, 3.05) is 26.7 Å². The highest BCUT2D eigenvalue weighted by Crippen LogP contribution is 2.26. The minimum atomic E-state index is -1.06. The highest BCUT2D eigenvalue weighted by Gasteiger charge is 2.30. The molecule has 3 amide bonds. The normalized spacial score (nSPS) is 15.4. The highest BCUT2D eigenvalue weighted by molar-refractivity contribution is 6.42. The number of halogens is 2. The summed E-state index contributed by atoms with van der Waals surface area (Å²) < 4.78 is 9.88. The Morgan fingerprint density at radius 3 is 2.43 bits per heavy atom. The molecule has 0 bridgehead atoms. The molecule has 1 saturated heterocycles. The molecule has 1 atom stereocenters. The number of benzene rings is 1. The van der Waals surface area contributed by atoms with Crippen LogP contribution in [-0.2, 0) is 23.9 Å². The maximum Gasteiger partial charge on any atom is 0.407 e. The molecule has 1 aromatic rings. The highest BCUT2D eigenvalue weighted by atomic mass is 35.5. The molecule has 0 radical (unpaired) electrons. The van der Waals surface area contributed by atoms with Crippen molar-refractivity contribution in [3.05, 3.63) is 39.9 Å². The molecule has 0 saturated carbocycles. The van der Waals surface area contributed by atoms with Crippen molar-refractivity contribution < 1.29 is 28.7 Å². The summed E-state index contributed by atoms with van der Waals surface area (Å²) in [6.07, 6.45) is 3.18. The van der Waals surface area contributed by atoms with Gasteiger partial charge in [0.1, 0.15) is 11.6 Å². The average molecular weight is 528 g/mol. The smallest absolute Gasteiger partial charge is 0.407 e. The van der Waals surface area contributed by atoms with E-state index < -0.39 is 23.7 Å². The molecule has 0 unspecified atom stereocenters. The van der Waals surface area contributed by atoms with Crippen LogP contribution >= 0.6 is 23.2 Å². The first-order valence-corrected chi connectivity index (χ1v) is 11.9. The van der Waals surface area contributed by atoms with Crippen molar-refractivity contribution in [1.82, 2.24) is 15.5 Å². The third kappa shape index (κ3) is 9.07. The van der Waals surface area contributed by atoms with Crippen LogP contribution in [0.2, 0.25) is 10.0 Å². The molecular formula is C24H31Cl2N3O6. The van der Waals surface area contributed by atoms with Gasteiger partial charge in [-0.3, -0.25) is 9.59 Å². The van der Waals surface area contributed by atoms with Crippen molar-refractivity contribution in [2.24, 2.45) is 5.92 Å². The minimum absolute atomic E-state index is 0.179. The number of methoxy groups -OCH3 is 1. The largest absolute Gasteiger partial charge is 0.467 e. The fraction of sp³-hybridized carbons (Fsp3) is 0.500. The zero-order valence-electron chi connectivity index (χ0n) is 20.2. The Hall–Kier alpha value is -2.78. The van der Waals surface area contributed by atoms with Crippen LogP contribution in [0, 0.1) is 5.92 Å². The number of ether oxygens (including phenoxy) is 2. The second kappa shape index (κ2) is 12.8. The van der Waals surface area contributed by atoms with Gasteiger partial charge in [0.2, 0.25) is 11.8 Å². The van der Waals surface area contributed by atoms with Crippen LogP contribution in [0.4, 0.5) is 4.79 Å². The number of nitrogens with one attached hydrogen (secondary N) is 2. The summed E-state index contributed by atoms with van der Waals surface area (Å²) in [5.41, 5.74) is -0.0645. The number of hydrogen-bond donors (Lipinski definition) is 2. The molecule has 35 heavy (non-hydrogen) atoms. The van der Waals surface area contributed by atoms with Gasteiger partial charge in [-0.05, 0) is 51.3 Å². The van der Waals surface area contributed by atoms with Crippen molar-refractivity contribution >= 4 is 53.2 Å². The van der Waals surface area contributed by atoms with Gasteiger partial charge in [0.25, 0.3) is 0 Å². The van der Waals surface area contributed by atoms with E-state index in [-0.39, 0.29) is 24.3 Å². The van der Waals surface area contributed by atoms with Crippen LogP contribution in [0.25, 0.3) is 6.08 Å². The fourth-order valence-electron chi connectivity index (χ4n) is 3.40. The lowest BCUT2D eigenvalue weighted by Gasteiger charge is -2.31. The molecule has 192 valence electrons. The fourth-order valence-corrected chi connectivity index (χ4v) is 3.77. The van der Waals surface area contributed by atoms with E-state index in [9.17, 15) is 19.2 Å². The second-order valence-corrected chi connectivity index (χ2v) is 9.83. The first-order valence-electron chi connectivity index (χ1n) is 11.2. The molecule has 1 heterocycles. The number of alkyl carbamates (subject to hydrolysis) is 1. The lowest BCUT2D eigenvalue weighted by molar-refractivity contribution is -0.145. The third-order valence-electron chi connectivity index (χ3n) is 5.22. The van der Waals surface area contributed by atoms with Crippen LogP contribution in [0.5, 0.6) is 0 Å². The van der Waals surface area contributed by atoms with Crippen LogP contribution in [0.3, 0.4) is 0 Å². The molecule has 1 fully saturated rings. The SMILES string of the molecule is COC(=O)[C@H](CNC(=O)OC(C)(C)C)NC(=O)C1CCN(C(=O)C=Cc2cccc(Cl)c2Cl)CC1. The number of nitrogens with zero attached hydrogens (tertiary/aromatic N) is 1. The predicted molar refractivity (Wildman–Crippen MR) is 133 cm³/mol. The third-order valence-corrected chi connectivity index (χ3v) is 6.05. The van der Waals surface area contributed by atoms with E-state index in [1.54, 1.807) is 49.9 Å². The van der Waals surface area contributed by atoms with Crippen molar-refractivity contribution in [3.8, 4) is 0 Å². The van der Waals surface area contributed by atoms with E-state index in [1.165, 1.54) is 13.2 Å². The number of carbonyl (C=O) groups excluding carboxylic acids is 4. The standard InChI is InChI=1S/C24H31Cl2N3O6/c1-24(2,3)35-23(33)27-14-18(22(32)34-4)28-21(31)16-10-12-29(13-11-16)19(30)9-8-15-6-5-7-17(25)20(15)26/h5-9,16,18H,10-14H2,1-4H3,(H,27,33)(H,28,31)/t18-/m0/s1. The number of hydrogen-bond acceptors (Lipinski definition) is 6. The number of rotatable bonds is 7. The predicted octanol–water partition coefficient (Wildman–Crippen LogP) is 3.43. The molecule has 11 heteroatoms. The van der Waals surface area contributed by atoms with Gasteiger partial charge in [-0.2, -0.15) is 0 Å². The molecule has 1 aromatic carbocycles. The van der Waals surface area contributed by atoms with Crippen molar-refractivity contribution in [3.63, 3.8) is 0 Å². The Morgan fingerprint density at radius 1 is 1.17 bits per heavy atom. The summed E-state index contributed by atoms with van der Waals surface area (Å²) in [7, 11) is 1.20. The van der Waals surface area contributed by atoms with Gasteiger partial charge >= 0.3 is 12.1 Å². The van der Waals surface area contributed by atoms with Crippen LogP contribution < -0.4 is 10.6 Å². The van der Waals surface area contributed by atoms with Crippen molar-refractivity contribution in [2.45, 2.75) is 45.3 Å². The zero-order valence-corrected chi connectivity index (χ0v) is 21.7. The van der Waals surface area contributed by atoms with Gasteiger partial charge in [-0.1, -0.05) is 35.3 Å². The molecule has 0 aliphatic carbocycles. The van der Waals surface area contributed by atoms with Gasteiger partial charge in [-0.15, -0.1) is 0 Å². The van der Waals surface area contributed by atoms with Crippen molar-refractivity contribution in [1.29, 1.82) is 0 Å². The topological polar surface area (TPSA) is 114 Å². The summed E-state index contributed by atoms with van der Waals surface area (Å²) in [4.78, 5) is 50.9. The van der Waals surface area contributed by atoms with Crippen LogP contribution in [0.15, 0.2) is 24.3 Å². The quantitative estimate of drug-likeness (QED) is 0.414. The number of likely N-dealkylation sites (tertiary alicyclic amines) is 1. The summed E-state index contributed by atoms with van der Waals surface area (Å²) in [6.45, 7) is 5.72. The first-order chi connectivity index (χ1) is 16.4. The number of amides is 3. The molecule has 9 nitrogen and oxygen atoms in total. The van der Waals surface area contributed by atoms with E-state index in [1.807, 2.05) is 0 Å². The maximum absolute atomic E-state index is 12.8. The van der Waals surface area contributed by atoms with E-state index in [2.05, 4.69) is 10.6 Å². The lowest BCUT2D eigenvalue weighted by Crippen LogP contribution is -2.52. The van der Waals surface area contributed by atoms with Gasteiger partial charge in [0, 0.05) is 25.1 Å². The van der Waals surface area contributed by atoms with E-state index in [0.29, 0.717) is 41.5 Å². The van der Waals surface area contributed by atoms with Crippen LogP contribution in [-0.4, -0.2) is 67.2 Å². The molecule has 0 spiro atoms. The van der Waals surface area contributed by atoms with Crippen LogP contribution in [0.1, 0.15) is 39.2 Å². The van der Waals surface area contributed by atoms with Gasteiger partial charge in [0.05, 0.1) is 23.7 Å². The van der Waals surface area contributed by atoms with Gasteiger partial charge < -0.3 is 25.0 Å². The molecule has 1 aliphatic heterocycles. The zero-order chi connectivity index (χ0) is 26.2. The second-order valence-electron chi connectivity index (χ2n) is 9.04.